The van der Waals surface area contributed by atoms with Gasteiger partial charge in [0.25, 0.3) is 5.56 Å². The highest BCUT2D eigenvalue weighted by Crippen LogP contribution is 2.35. The number of methoxy groups -OCH3 is 2. The highest BCUT2D eigenvalue weighted by molar-refractivity contribution is 7.91. The molecule has 1 heterocycles. The van der Waals surface area contributed by atoms with E-state index in [0.29, 0.717) is 11.3 Å². The molecule has 122 valence electrons. The molecular formula is C15H16N2O5S. The molecule has 0 aliphatic heterocycles. The van der Waals surface area contributed by atoms with E-state index in [-0.39, 0.29) is 22.0 Å². The number of sulfone groups is 1. The predicted octanol–water partition coefficient (Wildman–Crippen LogP) is 1.36. The van der Waals surface area contributed by atoms with Crippen molar-refractivity contribution in [2.75, 3.05) is 20.5 Å². The SMILES string of the molecule is COc1cc(C=Cc2ccc(=O)[nH]n2)cc(OC)c1S(C)(=O)=O. The average Bonchev–Trinajstić information content (AvgIpc) is 2.52. The number of nitrogens with zero attached hydrogens (tertiary/aromatic N) is 1. The van der Waals surface area contributed by atoms with Crippen molar-refractivity contribution in [1.82, 2.24) is 10.2 Å². The zero-order valence-corrected chi connectivity index (χ0v) is 13.7. The van der Waals surface area contributed by atoms with Crippen LogP contribution in [0.1, 0.15) is 11.3 Å². The van der Waals surface area contributed by atoms with Crippen LogP contribution >= 0.6 is 0 Å². The monoisotopic (exact) mass is 336 g/mol. The molecule has 2 aromatic rings. The fourth-order valence-electron chi connectivity index (χ4n) is 1.99. The van der Waals surface area contributed by atoms with Crippen LogP contribution in [0, 0.1) is 0 Å². The van der Waals surface area contributed by atoms with E-state index in [4.69, 9.17) is 9.47 Å². The minimum Gasteiger partial charge on any atom is -0.495 e. The Hall–Kier alpha value is -2.61. The fourth-order valence-corrected chi connectivity index (χ4v) is 3.01. The summed E-state index contributed by atoms with van der Waals surface area (Å²) < 4.78 is 34.1. The van der Waals surface area contributed by atoms with Gasteiger partial charge in [0, 0.05) is 12.3 Å². The van der Waals surface area contributed by atoms with Crippen LogP contribution in [0.25, 0.3) is 12.2 Å². The van der Waals surface area contributed by atoms with Crippen LogP contribution in [0.3, 0.4) is 0 Å². The van der Waals surface area contributed by atoms with Crippen molar-refractivity contribution in [2.45, 2.75) is 4.90 Å². The van der Waals surface area contributed by atoms with Crippen molar-refractivity contribution in [2.24, 2.45) is 0 Å². The van der Waals surface area contributed by atoms with E-state index >= 15 is 0 Å². The van der Waals surface area contributed by atoms with Crippen molar-refractivity contribution >= 4 is 22.0 Å². The minimum atomic E-state index is -3.50. The average molecular weight is 336 g/mol. The van der Waals surface area contributed by atoms with Crippen LogP contribution in [0.4, 0.5) is 0 Å². The van der Waals surface area contributed by atoms with Crippen LogP contribution in [-0.4, -0.2) is 39.1 Å². The molecule has 0 aliphatic carbocycles. The van der Waals surface area contributed by atoms with Gasteiger partial charge < -0.3 is 9.47 Å². The van der Waals surface area contributed by atoms with Crippen LogP contribution in [-0.2, 0) is 9.84 Å². The second kappa shape index (κ2) is 6.66. The van der Waals surface area contributed by atoms with E-state index in [9.17, 15) is 13.2 Å². The molecule has 0 atom stereocenters. The topological polar surface area (TPSA) is 98.3 Å². The van der Waals surface area contributed by atoms with Gasteiger partial charge in [0.1, 0.15) is 11.5 Å². The molecule has 7 nitrogen and oxygen atoms in total. The molecule has 0 bridgehead atoms. The number of hydrogen-bond donors (Lipinski definition) is 1. The lowest BCUT2D eigenvalue weighted by atomic mass is 10.1. The third-order valence-corrected chi connectivity index (χ3v) is 4.14. The summed E-state index contributed by atoms with van der Waals surface area (Å²) in [5, 5.41) is 6.18. The van der Waals surface area contributed by atoms with Gasteiger partial charge in [-0.25, -0.2) is 13.5 Å². The van der Waals surface area contributed by atoms with Gasteiger partial charge in [-0.1, -0.05) is 6.08 Å². The maximum atomic E-state index is 11.9. The number of H-pyrrole nitrogens is 1. The van der Waals surface area contributed by atoms with Crippen molar-refractivity contribution in [3.05, 3.63) is 45.9 Å². The first-order valence-corrected chi connectivity index (χ1v) is 8.44. The molecular weight excluding hydrogens is 320 g/mol. The van der Waals surface area contributed by atoms with E-state index < -0.39 is 9.84 Å². The van der Waals surface area contributed by atoms with Gasteiger partial charge in [-0.2, -0.15) is 5.10 Å². The van der Waals surface area contributed by atoms with E-state index in [2.05, 4.69) is 10.2 Å². The summed E-state index contributed by atoms with van der Waals surface area (Å²) in [4.78, 5) is 11.0. The van der Waals surface area contributed by atoms with E-state index in [1.54, 1.807) is 30.4 Å². The second-order valence-electron chi connectivity index (χ2n) is 4.71. The van der Waals surface area contributed by atoms with Gasteiger partial charge in [-0.15, -0.1) is 0 Å². The Bertz CT molecular complexity index is 855. The summed E-state index contributed by atoms with van der Waals surface area (Å²) in [6.45, 7) is 0. The standard InChI is InChI=1S/C15H16N2O5S/c1-21-12-8-10(4-5-11-6-7-14(18)17-16-11)9-13(22-2)15(12)23(3,19)20/h4-9H,1-3H3,(H,17,18). The number of aromatic amines is 1. The highest BCUT2D eigenvalue weighted by Gasteiger charge is 2.21. The highest BCUT2D eigenvalue weighted by atomic mass is 32.2. The number of aromatic nitrogens is 2. The first-order chi connectivity index (χ1) is 10.8. The Morgan fingerprint density at radius 1 is 1.09 bits per heavy atom. The van der Waals surface area contributed by atoms with Crippen LogP contribution in [0.15, 0.2) is 34.0 Å². The molecule has 1 aromatic heterocycles. The Balaban J connectivity index is 2.48. The molecule has 0 spiro atoms. The molecule has 0 saturated heterocycles. The lowest BCUT2D eigenvalue weighted by Gasteiger charge is -2.12. The molecule has 1 N–H and O–H groups in total. The predicted molar refractivity (Wildman–Crippen MR) is 86.4 cm³/mol. The normalized spacial score (nSPS) is 11.6. The number of nitrogens with one attached hydrogen (secondary N) is 1. The van der Waals surface area contributed by atoms with Gasteiger partial charge in [0.15, 0.2) is 14.7 Å². The van der Waals surface area contributed by atoms with Gasteiger partial charge in [0.05, 0.1) is 19.9 Å². The zero-order valence-electron chi connectivity index (χ0n) is 12.9. The molecule has 0 fully saturated rings. The summed E-state index contributed by atoms with van der Waals surface area (Å²) in [6.07, 6.45) is 4.47. The summed E-state index contributed by atoms with van der Waals surface area (Å²) in [5.41, 5.74) is 0.928. The molecule has 2 rings (SSSR count). The van der Waals surface area contributed by atoms with Gasteiger partial charge in [-0.05, 0) is 29.8 Å². The summed E-state index contributed by atoms with van der Waals surface area (Å²) in [5.74, 6) is 0.391. The molecule has 8 heteroatoms. The molecule has 0 saturated carbocycles. The lowest BCUT2D eigenvalue weighted by molar-refractivity contribution is 0.373. The lowest BCUT2D eigenvalue weighted by Crippen LogP contribution is -2.05. The van der Waals surface area contributed by atoms with Crippen molar-refractivity contribution in [3.8, 4) is 11.5 Å². The Morgan fingerprint density at radius 2 is 1.70 bits per heavy atom. The third kappa shape index (κ3) is 3.98. The maximum Gasteiger partial charge on any atom is 0.264 e. The van der Waals surface area contributed by atoms with Crippen molar-refractivity contribution in [1.29, 1.82) is 0 Å². The fraction of sp³-hybridized carbons (Fsp3) is 0.200. The van der Waals surface area contributed by atoms with E-state index in [1.807, 2.05) is 0 Å². The third-order valence-electron chi connectivity index (χ3n) is 3.00. The Morgan fingerprint density at radius 3 is 2.13 bits per heavy atom. The van der Waals surface area contributed by atoms with Crippen LogP contribution in [0.2, 0.25) is 0 Å². The smallest absolute Gasteiger partial charge is 0.264 e. The van der Waals surface area contributed by atoms with Crippen LogP contribution in [0.5, 0.6) is 11.5 Å². The molecule has 1 aromatic carbocycles. The Kier molecular flexibility index (Phi) is 4.85. The maximum absolute atomic E-state index is 11.9. The molecule has 0 aliphatic rings. The largest absolute Gasteiger partial charge is 0.495 e. The molecule has 0 unspecified atom stereocenters. The summed E-state index contributed by atoms with van der Waals surface area (Å²) >= 11 is 0. The summed E-state index contributed by atoms with van der Waals surface area (Å²) in [6, 6.07) is 6.09. The number of rotatable bonds is 5. The zero-order chi connectivity index (χ0) is 17.0. The molecule has 0 amide bonds. The number of hydrogen-bond acceptors (Lipinski definition) is 6. The first-order valence-electron chi connectivity index (χ1n) is 6.55. The van der Waals surface area contributed by atoms with Crippen LogP contribution < -0.4 is 15.0 Å². The number of ether oxygens (including phenoxy) is 2. The van der Waals surface area contributed by atoms with Crippen molar-refractivity contribution < 1.29 is 17.9 Å². The van der Waals surface area contributed by atoms with Gasteiger partial charge in [-0.3, -0.25) is 4.79 Å². The van der Waals surface area contributed by atoms with Gasteiger partial charge in [0.2, 0.25) is 0 Å². The Labute approximate surface area is 133 Å². The molecule has 0 radical (unpaired) electrons. The van der Waals surface area contributed by atoms with E-state index in [1.165, 1.54) is 20.3 Å². The number of benzene rings is 1. The summed E-state index contributed by atoms with van der Waals surface area (Å²) in [7, 11) is -0.724. The van der Waals surface area contributed by atoms with Crippen molar-refractivity contribution in [3.63, 3.8) is 0 Å². The molecule has 23 heavy (non-hydrogen) atoms. The van der Waals surface area contributed by atoms with E-state index in [0.717, 1.165) is 6.26 Å². The second-order valence-corrected chi connectivity index (χ2v) is 6.66. The first kappa shape index (κ1) is 16.8. The quantitative estimate of drug-likeness (QED) is 0.885. The minimum absolute atomic E-state index is 0.00168. The van der Waals surface area contributed by atoms with Gasteiger partial charge >= 0.3 is 0 Å².